The zero-order chi connectivity index (χ0) is 13.0. The van der Waals surface area contributed by atoms with Crippen LogP contribution in [0.3, 0.4) is 0 Å². The molecule has 98 valence electrons. The summed E-state index contributed by atoms with van der Waals surface area (Å²) in [6.07, 6.45) is 0.989. The summed E-state index contributed by atoms with van der Waals surface area (Å²) in [5.74, 6) is 1.20. The van der Waals surface area contributed by atoms with E-state index in [9.17, 15) is 10.1 Å². The molecule has 1 aromatic rings. The first-order valence-corrected chi connectivity index (χ1v) is 6.28. The number of non-ortho nitro benzene ring substituents is 1. The fourth-order valence-electron chi connectivity index (χ4n) is 1.85. The van der Waals surface area contributed by atoms with Gasteiger partial charge in [-0.25, -0.2) is 0 Å². The van der Waals surface area contributed by atoms with Gasteiger partial charge >= 0.3 is 0 Å². The summed E-state index contributed by atoms with van der Waals surface area (Å²) >= 11 is 5.78. The maximum atomic E-state index is 10.7. The van der Waals surface area contributed by atoms with Crippen LogP contribution in [0.1, 0.15) is 12.0 Å². The van der Waals surface area contributed by atoms with Crippen LogP contribution in [0.5, 0.6) is 5.75 Å². The maximum Gasteiger partial charge on any atom is 0.270 e. The molecule has 18 heavy (non-hydrogen) atoms. The summed E-state index contributed by atoms with van der Waals surface area (Å²) in [7, 11) is 0. The van der Waals surface area contributed by atoms with E-state index in [1.54, 1.807) is 6.07 Å². The third-order valence-electron chi connectivity index (χ3n) is 2.90. The Morgan fingerprint density at radius 1 is 1.56 bits per heavy atom. The van der Waals surface area contributed by atoms with Crippen molar-refractivity contribution in [1.82, 2.24) is 0 Å². The number of halogens is 1. The molecule has 0 N–H and O–H groups in total. The van der Waals surface area contributed by atoms with Crippen molar-refractivity contribution in [3.63, 3.8) is 0 Å². The van der Waals surface area contributed by atoms with Crippen molar-refractivity contribution in [1.29, 1.82) is 0 Å². The van der Waals surface area contributed by atoms with E-state index < -0.39 is 4.92 Å². The second-order valence-electron chi connectivity index (χ2n) is 4.22. The van der Waals surface area contributed by atoms with Gasteiger partial charge in [-0.2, -0.15) is 0 Å². The normalized spacial score (nSPS) is 18.8. The van der Waals surface area contributed by atoms with Crippen molar-refractivity contribution in [2.24, 2.45) is 5.92 Å². The van der Waals surface area contributed by atoms with E-state index in [0.29, 0.717) is 30.4 Å². The number of hydrogen-bond acceptors (Lipinski definition) is 4. The van der Waals surface area contributed by atoms with E-state index in [-0.39, 0.29) is 11.6 Å². The second-order valence-corrected chi connectivity index (χ2v) is 4.49. The van der Waals surface area contributed by atoms with Gasteiger partial charge in [0.1, 0.15) is 5.75 Å². The number of rotatable bonds is 5. The Balaban J connectivity index is 2.04. The first-order valence-electron chi connectivity index (χ1n) is 5.74. The van der Waals surface area contributed by atoms with Crippen LogP contribution in [0.2, 0.25) is 0 Å². The lowest BCUT2D eigenvalue weighted by Crippen LogP contribution is -2.12. The monoisotopic (exact) mass is 271 g/mol. The molecule has 1 saturated heterocycles. The van der Waals surface area contributed by atoms with Gasteiger partial charge in [0, 0.05) is 30.2 Å². The topological polar surface area (TPSA) is 61.6 Å². The Morgan fingerprint density at radius 2 is 2.39 bits per heavy atom. The molecule has 0 amide bonds. The Labute approximate surface area is 110 Å². The van der Waals surface area contributed by atoms with Gasteiger partial charge in [-0.3, -0.25) is 10.1 Å². The molecule has 0 saturated carbocycles. The van der Waals surface area contributed by atoms with Gasteiger partial charge in [-0.05, 0) is 12.5 Å². The standard InChI is InChI=1S/C12H14ClNO4/c13-6-10-5-11(14(15)16)1-2-12(10)18-8-9-3-4-17-7-9/h1-2,5,9H,3-4,6-8H2. The van der Waals surface area contributed by atoms with Crippen LogP contribution in [-0.2, 0) is 10.6 Å². The molecule has 5 nitrogen and oxygen atoms in total. The average molecular weight is 272 g/mol. The molecule has 1 fully saturated rings. The third-order valence-corrected chi connectivity index (χ3v) is 3.19. The lowest BCUT2D eigenvalue weighted by atomic mass is 10.1. The molecule has 2 rings (SSSR count). The van der Waals surface area contributed by atoms with E-state index in [4.69, 9.17) is 21.1 Å². The summed E-state index contributed by atoms with van der Waals surface area (Å²) in [4.78, 5) is 10.2. The molecule has 0 radical (unpaired) electrons. The SMILES string of the molecule is O=[N+]([O-])c1ccc(OCC2CCOC2)c(CCl)c1. The lowest BCUT2D eigenvalue weighted by molar-refractivity contribution is -0.384. The van der Waals surface area contributed by atoms with Crippen molar-refractivity contribution in [3.05, 3.63) is 33.9 Å². The minimum absolute atomic E-state index is 0.0298. The van der Waals surface area contributed by atoms with Crippen LogP contribution < -0.4 is 4.74 Å². The van der Waals surface area contributed by atoms with E-state index >= 15 is 0 Å². The largest absolute Gasteiger partial charge is 0.493 e. The van der Waals surface area contributed by atoms with Gasteiger partial charge in [0.15, 0.2) is 0 Å². The number of alkyl halides is 1. The zero-order valence-corrected chi connectivity index (χ0v) is 10.6. The smallest absolute Gasteiger partial charge is 0.270 e. The van der Waals surface area contributed by atoms with Crippen LogP contribution >= 0.6 is 11.6 Å². The fraction of sp³-hybridized carbons (Fsp3) is 0.500. The molecule has 1 unspecified atom stereocenters. The highest BCUT2D eigenvalue weighted by Crippen LogP contribution is 2.26. The van der Waals surface area contributed by atoms with E-state index in [2.05, 4.69) is 0 Å². The summed E-state index contributed by atoms with van der Waals surface area (Å²) < 4.78 is 10.9. The van der Waals surface area contributed by atoms with Crippen LogP contribution in [0, 0.1) is 16.0 Å². The van der Waals surface area contributed by atoms with Crippen molar-refractivity contribution >= 4 is 17.3 Å². The van der Waals surface area contributed by atoms with E-state index in [1.165, 1.54) is 12.1 Å². The van der Waals surface area contributed by atoms with Gasteiger partial charge < -0.3 is 9.47 Å². The number of ether oxygens (including phenoxy) is 2. The molecular formula is C12H14ClNO4. The molecule has 6 heteroatoms. The van der Waals surface area contributed by atoms with Crippen LogP contribution in [0.25, 0.3) is 0 Å². The number of benzene rings is 1. The number of hydrogen-bond donors (Lipinski definition) is 0. The number of nitro benzene ring substituents is 1. The molecule has 0 aliphatic carbocycles. The van der Waals surface area contributed by atoms with Gasteiger partial charge in [0.25, 0.3) is 5.69 Å². The minimum Gasteiger partial charge on any atom is -0.493 e. The Bertz CT molecular complexity index is 432. The number of nitro groups is 1. The highest BCUT2D eigenvalue weighted by atomic mass is 35.5. The summed E-state index contributed by atoms with van der Waals surface area (Å²) in [6, 6.07) is 4.48. The number of nitrogens with zero attached hydrogens (tertiary/aromatic N) is 1. The highest BCUT2D eigenvalue weighted by molar-refractivity contribution is 6.17. The van der Waals surface area contributed by atoms with E-state index in [1.807, 2.05) is 0 Å². The Kier molecular flexibility index (Phi) is 4.38. The van der Waals surface area contributed by atoms with E-state index in [0.717, 1.165) is 13.0 Å². The lowest BCUT2D eigenvalue weighted by Gasteiger charge is -2.12. The van der Waals surface area contributed by atoms with Crippen molar-refractivity contribution in [2.45, 2.75) is 12.3 Å². The first-order chi connectivity index (χ1) is 8.70. The highest BCUT2D eigenvalue weighted by Gasteiger charge is 2.17. The first kappa shape index (κ1) is 13.1. The van der Waals surface area contributed by atoms with Crippen molar-refractivity contribution < 1.29 is 14.4 Å². The summed E-state index contributed by atoms with van der Waals surface area (Å²) in [5, 5.41) is 10.7. The van der Waals surface area contributed by atoms with Gasteiger partial charge in [-0.1, -0.05) is 0 Å². The molecule has 0 bridgehead atoms. The van der Waals surface area contributed by atoms with Gasteiger partial charge in [-0.15, -0.1) is 11.6 Å². The molecule has 1 heterocycles. The predicted octanol–water partition coefficient (Wildman–Crippen LogP) is 2.75. The maximum absolute atomic E-state index is 10.7. The van der Waals surface area contributed by atoms with Crippen LogP contribution in [0.15, 0.2) is 18.2 Å². The molecule has 1 atom stereocenters. The summed E-state index contributed by atoms with van der Waals surface area (Å²) in [6.45, 7) is 2.04. The van der Waals surface area contributed by atoms with Crippen LogP contribution in [-0.4, -0.2) is 24.7 Å². The van der Waals surface area contributed by atoms with Crippen LogP contribution in [0.4, 0.5) is 5.69 Å². The predicted molar refractivity (Wildman–Crippen MR) is 67.1 cm³/mol. The average Bonchev–Trinajstić information content (AvgIpc) is 2.89. The minimum atomic E-state index is -0.440. The Hall–Kier alpha value is -1.33. The molecule has 1 aromatic carbocycles. The molecule has 1 aliphatic rings. The van der Waals surface area contributed by atoms with Gasteiger partial charge in [0.05, 0.1) is 24.0 Å². The Morgan fingerprint density at radius 3 is 3.00 bits per heavy atom. The molecule has 0 spiro atoms. The molecule has 1 aliphatic heterocycles. The fourth-order valence-corrected chi connectivity index (χ4v) is 2.06. The molecular weight excluding hydrogens is 258 g/mol. The third kappa shape index (κ3) is 3.11. The van der Waals surface area contributed by atoms with Gasteiger partial charge in [0.2, 0.25) is 0 Å². The van der Waals surface area contributed by atoms with Crippen molar-refractivity contribution in [2.75, 3.05) is 19.8 Å². The van der Waals surface area contributed by atoms with Crippen molar-refractivity contribution in [3.8, 4) is 5.75 Å². The second kappa shape index (κ2) is 6.02. The zero-order valence-electron chi connectivity index (χ0n) is 9.80. The summed E-state index contributed by atoms with van der Waals surface area (Å²) in [5.41, 5.74) is 0.673. The molecule has 0 aromatic heterocycles. The quantitative estimate of drug-likeness (QED) is 0.469.